The van der Waals surface area contributed by atoms with Crippen LogP contribution in [0.5, 0.6) is 0 Å². The van der Waals surface area contributed by atoms with E-state index in [-0.39, 0.29) is 6.42 Å². The molecule has 12 heavy (non-hydrogen) atoms. The summed E-state index contributed by atoms with van der Waals surface area (Å²) in [6, 6.07) is 1.83. The van der Waals surface area contributed by atoms with Gasteiger partial charge in [-0.2, -0.15) is 18.4 Å². The highest BCUT2D eigenvalue weighted by Gasteiger charge is 2.30. The van der Waals surface area contributed by atoms with Crippen LogP contribution in [-0.2, 0) is 0 Å². The van der Waals surface area contributed by atoms with Crippen LogP contribution in [0.2, 0.25) is 0 Å². The molecular weight excluding hydrogens is 235 g/mol. The van der Waals surface area contributed by atoms with Gasteiger partial charge in [-0.1, -0.05) is 15.9 Å². The molecule has 0 aliphatic heterocycles. The van der Waals surface area contributed by atoms with E-state index in [9.17, 15) is 13.2 Å². The van der Waals surface area contributed by atoms with Crippen LogP contribution >= 0.6 is 15.9 Å². The first-order chi connectivity index (χ1) is 5.49. The summed E-state index contributed by atoms with van der Waals surface area (Å²) in [5, 5.41) is 8.46. The van der Waals surface area contributed by atoms with E-state index in [1.54, 1.807) is 0 Å². The second-order valence-electron chi connectivity index (χ2n) is 2.54. The average molecular weight is 244 g/mol. The fraction of sp³-hybridized carbons (Fsp3) is 0.857. The van der Waals surface area contributed by atoms with Crippen molar-refractivity contribution in [2.45, 2.75) is 25.4 Å². The predicted octanol–water partition coefficient (Wildman–Crippen LogP) is 3.25. The molecule has 0 aromatic rings. The number of hydrogen-bond donors (Lipinski definition) is 0. The van der Waals surface area contributed by atoms with Gasteiger partial charge < -0.3 is 0 Å². The third-order valence-electron chi connectivity index (χ3n) is 1.40. The van der Waals surface area contributed by atoms with Gasteiger partial charge in [0.05, 0.1) is 6.07 Å². The number of alkyl halides is 4. The molecule has 0 fully saturated rings. The summed E-state index contributed by atoms with van der Waals surface area (Å²) < 4.78 is 35.4. The highest BCUT2D eigenvalue weighted by Crippen LogP contribution is 2.28. The number of halogens is 4. The minimum absolute atomic E-state index is 0.187. The molecule has 0 N–H and O–H groups in total. The summed E-state index contributed by atoms with van der Waals surface area (Å²) in [7, 11) is 0. The number of nitriles is 1. The van der Waals surface area contributed by atoms with E-state index in [4.69, 9.17) is 5.26 Å². The Morgan fingerprint density at radius 2 is 2.00 bits per heavy atom. The number of hydrogen-bond acceptors (Lipinski definition) is 1. The Kier molecular flexibility index (Phi) is 5.31. The van der Waals surface area contributed by atoms with Crippen molar-refractivity contribution in [3.05, 3.63) is 0 Å². The Bertz CT molecular complexity index is 161. The molecule has 0 aliphatic rings. The molecule has 0 bridgehead atoms. The zero-order chi connectivity index (χ0) is 9.61. The van der Waals surface area contributed by atoms with E-state index in [0.717, 1.165) is 0 Å². The van der Waals surface area contributed by atoms with Crippen LogP contribution in [0.15, 0.2) is 0 Å². The van der Waals surface area contributed by atoms with Crippen LogP contribution in [0.3, 0.4) is 0 Å². The fourth-order valence-electron chi connectivity index (χ4n) is 0.830. The lowest BCUT2D eigenvalue weighted by Gasteiger charge is -2.14. The lowest BCUT2D eigenvalue weighted by Crippen LogP contribution is -2.16. The van der Waals surface area contributed by atoms with Gasteiger partial charge in [0, 0.05) is 18.2 Å². The maximum Gasteiger partial charge on any atom is 0.389 e. The molecule has 0 rings (SSSR count). The van der Waals surface area contributed by atoms with Crippen LogP contribution in [0.1, 0.15) is 19.3 Å². The minimum atomic E-state index is -4.12. The van der Waals surface area contributed by atoms with Crippen LogP contribution in [-0.4, -0.2) is 11.5 Å². The van der Waals surface area contributed by atoms with Crippen molar-refractivity contribution in [1.82, 2.24) is 0 Å². The quantitative estimate of drug-likeness (QED) is 0.696. The Labute approximate surface area is 77.7 Å². The molecule has 0 saturated heterocycles. The Morgan fingerprint density at radius 1 is 1.42 bits per heavy atom. The molecule has 1 nitrogen and oxygen atoms in total. The molecule has 0 aromatic heterocycles. The normalized spacial score (nSPS) is 13.9. The van der Waals surface area contributed by atoms with Crippen molar-refractivity contribution >= 4 is 15.9 Å². The minimum Gasteiger partial charge on any atom is -0.198 e. The standard InChI is InChI=1S/C7H9BrF3N/c8-5-6(2-1-3-12)4-7(9,10)11/h6H,1-2,4-5H2/t6-/m1/s1. The molecule has 0 amide bonds. The molecule has 0 saturated carbocycles. The van der Waals surface area contributed by atoms with Gasteiger partial charge in [-0.25, -0.2) is 0 Å². The van der Waals surface area contributed by atoms with Crippen molar-refractivity contribution in [3.8, 4) is 6.07 Å². The third-order valence-corrected chi connectivity index (χ3v) is 2.32. The van der Waals surface area contributed by atoms with Gasteiger partial charge in [0.25, 0.3) is 0 Å². The first-order valence-electron chi connectivity index (χ1n) is 3.49. The maximum absolute atomic E-state index is 11.8. The van der Waals surface area contributed by atoms with E-state index < -0.39 is 18.5 Å². The molecule has 5 heteroatoms. The van der Waals surface area contributed by atoms with Crippen molar-refractivity contribution in [2.24, 2.45) is 5.92 Å². The Hall–Kier alpha value is -0.240. The van der Waals surface area contributed by atoms with Gasteiger partial charge in [-0.15, -0.1) is 0 Å². The Morgan fingerprint density at radius 3 is 2.33 bits per heavy atom. The first kappa shape index (κ1) is 11.8. The summed E-state index contributed by atoms with van der Waals surface area (Å²) >= 11 is 2.99. The highest BCUT2D eigenvalue weighted by molar-refractivity contribution is 9.09. The van der Waals surface area contributed by atoms with Crippen LogP contribution in [0.4, 0.5) is 13.2 Å². The summed E-state index contributed by atoms with van der Waals surface area (Å²) in [5.41, 5.74) is 0. The van der Waals surface area contributed by atoms with Gasteiger partial charge in [0.2, 0.25) is 0 Å². The van der Waals surface area contributed by atoms with E-state index >= 15 is 0 Å². The molecule has 0 spiro atoms. The second kappa shape index (κ2) is 5.41. The zero-order valence-electron chi connectivity index (χ0n) is 6.36. The molecule has 0 aromatic carbocycles. The summed E-state index contributed by atoms with van der Waals surface area (Å²) in [6.07, 6.45) is -4.43. The van der Waals surface area contributed by atoms with Crippen molar-refractivity contribution < 1.29 is 13.2 Å². The van der Waals surface area contributed by atoms with Crippen molar-refractivity contribution in [1.29, 1.82) is 5.26 Å². The van der Waals surface area contributed by atoms with Gasteiger partial charge >= 0.3 is 6.18 Å². The number of nitrogens with zero attached hydrogens (tertiary/aromatic N) is 1. The van der Waals surface area contributed by atoms with Gasteiger partial charge in [0.1, 0.15) is 0 Å². The molecular formula is C7H9BrF3N. The molecule has 0 unspecified atom stereocenters. The smallest absolute Gasteiger partial charge is 0.198 e. The Balaban J connectivity index is 3.77. The highest BCUT2D eigenvalue weighted by atomic mass is 79.9. The molecule has 1 atom stereocenters. The molecule has 70 valence electrons. The lowest BCUT2D eigenvalue weighted by molar-refractivity contribution is -0.143. The van der Waals surface area contributed by atoms with Crippen molar-refractivity contribution in [3.63, 3.8) is 0 Å². The first-order valence-corrected chi connectivity index (χ1v) is 4.61. The predicted molar refractivity (Wildman–Crippen MR) is 42.8 cm³/mol. The molecule has 0 radical (unpaired) electrons. The van der Waals surface area contributed by atoms with Crippen LogP contribution in [0.25, 0.3) is 0 Å². The summed E-state index contributed by atoms with van der Waals surface area (Å²) in [4.78, 5) is 0. The molecule has 0 heterocycles. The zero-order valence-corrected chi connectivity index (χ0v) is 7.95. The van der Waals surface area contributed by atoms with E-state index in [2.05, 4.69) is 15.9 Å². The summed E-state index contributed by atoms with van der Waals surface area (Å²) in [6.45, 7) is 0. The van der Waals surface area contributed by atoms with Crippen LogP contribution in [0, 0.1) is 17.2 Å². The van der Waals surface area contributed by atoms with Gasteiger partial charge in [-0.3, -0.25) is 0 Å². The fourth-order valence-corrected chi connectivity index (χ4v) is 1.38. The second-order valence-corrected chi connectivity index (χ2v) is 3.18. The SMILES string of the molecule is N#CCC[C@@H](CBr)CC(F)(F)F. The summed E-state index contributed by atoms with van der Waals surface area (Å²) in [5.74, 6) is -0.468. The maximum atomic E-state index is 11.8. The number of rotatable bonds is 4. The van der Waals surface area contributed by atoms with Crippen LogP contribution < -0.4 is 0 Å². The van der Waals surface area contributed by atoms with Gasteiger partial charge in [0.15, 0.2) is 0 Å². The average Bonchev–Trinajstić information content (AvgIpc) is 1.95. The van der Waals surface area contributed by atoms with Gasteiger partial charge in [-0.05, 0) is 12.3 Å². The largest absolute Gasteiger partial charge is 0.389 e. The molecule has 0 aliphatic carbocycles. The topological polar surface area (TPSA) is 23.8 Å². The van der Waals surface area contributed by atoms with E-state index in [0.29, 0.717) is 11.8 Å². The third kappa shape index (κ3) is 6.47. The monoisotopic (exact) mass is 243 g/mol. The lowest BCUT2D eigenvalue weighted by atomic mass is 10.0. The van der Waals surface area contributed by atoms with Crippen molar-refractivity contribution in [2.75, 3.05) is 5.33 Å². The van der Waals surface area contributed by atoms with E-state index in [1.807, 2.05) is 6.07 Å². The van der Waals surface area contributed by atoms with E-state index in [1.165, 1.54) is 0 Å².